The van der Waals surface area contributed by atoms with Crippen LogP contribution in [0.4, 0.5) is 0 Å². The number of carboxylic acid groups (broad SMARTS) is 1. The summed E-state index contributed by atoms with van der Waals surface area (Å²) in [6.45, 7) is 3.63. The highest BCUT2D eigenvalue weighted by atomic mass is 31.2. The monoisotopic (exact) mass is 820 g/mol. The third-order valence-corrected chi connectivity index (χ3v) is 9.59. The van der Waals surface area contributed by atoms with Crippen molar-refractivity contribution < 1.29 is 42.7 Å². The minimum atomic E-state index is -4.63. The standard InChI is InChI=1S/C46H78NO9P/c1-3-5-7-9-11-13-15-17-19-20-21-22-23-24-25-26-28-30-32-34-36-38-45(48)56-43(41-54-57(51,52)55-42-44(47)46(49)50)40-53-39-37-35-33-31-29-27-18-16-14-12-10-8-6-4-2/h5,7-8,10-11,13-14,16-17,19,21-22,24-25,43-44H,3-4,6,9,12,15,18,20,23,26-42,47H2,1-2H3,(H,49,50)(H,51,52)/b7-5-,10-8-,13-11-,16-14-,19-17-,22-21-,25-24-. The molecule has 0 bridgehead atoms. The predicted octanol–water partition coefficient (Wildman–Crippen LogP) is 12.0. The Labute approximate surface area is 346 Å². The zero-order valence-corrected chi connectivity index (χ0v) is 36.3. The number of unbranched alkanes of at least 4 members (excludes halogenated alkanes) is 12. The summed E-state index contributed by atoms with van der Waals surface area (Å²) in [4.78, 5) is 33.5. The second-order valence-electron chi connectivity index (χ2n) is 14.1. The van der Waals surface area contributed by atoms with Crippen LogP contribution in [-0.4, -0.2) is 60.5 Å². The molecular formula is C46H78NO9P. The number of ether oxygens (including phenoxy) is 2. The number of allylic oxidation sites excluding steroid dienone is 14. The first-order valence-electron chi connectivity index (χ1n) is 21.6. The van der Waals surface area contributed by atoms with Gasteiger partial charge in [-0.1, -0.05) is 150 Å². The van der Waals surface area contributed by atoms with E-state index in [2.05, 4.69) is 98.9 Å². The zero-order chi connectivity index (χ0) is 41.9. The predicted molar refractivity (Wildman–Crippen MR) is 235 cm³/mol. The van der Waals surface area contributed by atoms with E-state index in [9.17, 15) is 19.0 Å². The average molecular weight is 820 g/mol. The number of rotatable bonds is 40. The molecule has 0 aliphatic heterocycles. The molecule has 0 aliphatic carbocycles. The summed E-state index contributed by atoms with van der Waals surface area (Å²) in [6.07, 6.45) is 52.0. The molecule has 0 saturated heterocycles. The van der Waals surface area contributed by atoms with Crippen molar-refractivity contribution in [2.75, 3.05) is 26.4 Å². The molecule has 0 spiro atoms. The van der Waals surface area contributed by atoms with Gasteiger partial charge in [0.15, 0.2) is 0 Å². The molecule has 0 aromatic carbocycles. The van der Waals surface area contributed by atoms with Gasteiger partial charge in [-0.25, -0.2) is 4.57 Å². The Hall–Kier alpha value is -2.85. The number of hydrogen-bond donors (Lipinski definition) is 3. The Morgan fingerprint density at radius 2 is 1.02 bits per heavy atom. The highest BCUT2D eigenvalue weighted by Gasteiger charge is 2.27. The number of nitrogens with two attached hydrogens (primary N) is 1. The molecule has 11 heteroatoms. The Bertz CT molecular complexity index is 1220. The first-order valence-corrected chi connectivity index (χ1v) is 23.1. The van der Waals surface area contributed by atoms with E-state index in [1.54, 1.807) is 0 Å². The van der Waals surface area contributed by atoms with Crippen molar-refractivity contribution >= 4 is 19.8 Å². The van der Waals surface area contributed by atoms with Gasteiger partial charge in [0, 0.05) is 13.0 Å². The number of aliphatic carboxylic acids is 1. The second-order valence-corrected chi connectivity index (χ2v) is 15.5. The summed E-state index contributed by atoms with van der Waals surface area (Å²) in [5, 5.41) is 8.89. The molecule has 0 aliphatic rings. The average Bonchev–Trinajstić information content (AvgIpc) is 3.19. The van der Waals surface area contributed by atoms with Gasteiger partial charge in [-0.2, -0.15) is 0 Å². The zero-order valence-electron chi connectivity index (χ0n) is 35.4. The van der Waals surface area contributed by atoms with Crippen LogP contribution >= 0.6 is 7.82 Å². The number of phosphoric acid groups is 1. The third-order valence-electron chi connectivity index (χ3n) is 8.64. The molecule has 0 radical (unpaired) electrons. The van der Waals surface area contributed by atoms with Gasteiger partial charge in [0.1, 0.15) is 12.1 Å². The Kier molecular flexibility index (Phi) is 39.2. The van der Waals surface area contributed by atoms with Crippen LogP contribution in [-0.2, 0) is 32.7 Å². The van der Waals surface area contributed by atoms with E-state index in [4.69, 9.17) is 29.4 Å². The number of carbonyl (C=O) groups is 2. The quantitative estimate of drug-likeness (QED) is 0.0235. The van der Waals surface area contributed by atoms with Gasteiger partial charge in [0.2, 0.25) is 0 Å². The molecule has 0 heterocycles. The van der Waals surface area contributed by atoms with E-state index in [0.717, 1.165) is 103 Å². The molecular weight excluding hydrogens is 741 g/mol. The van der Waals surface area contributed by atoms with E-state index in [0.29, 0.717) is 13.0 Å². The highest BCUT2D eigenvalue weighted by molar-refractivity contribution is 7.47. The number of phosphoric ester groups is 1. The first kappa shape index (κ1) is 54.2. The summed E-state index contributed by atoms with van der Waals surface area (Å²) >= 11 is 0. The number of carbonyl (C=O) groups excluding carboxylic acids is 1. The lowest BCUT2D eigenvalue weighted by Crippen LogP contribution is -2.34. The molecule has 0 aromatic heterocycles. The lowest BCUT2D eigenvalue weighted by atomic mass is 10.1. The molecule has 57 heavy (non-hydrogen) atoms. The van der Waals surface area contributed by atoms with E-state index in [1.165, 1.54) is 25.7 Å². The molecule has 3 atom stereocenters. The van der Waals surface area contributed by atoms with Gasteiger partial charge >= 0.3 is 19.8 Å². The summed E-state index contributed by atoms with van der Waals surface area (Å²) in [5.41, 5.74) is 5.35. The van der Waals surface area contributed by atoms with Crippen LogP contribution in [0.2, 0.25) is 0 Å². The second kappa shape index (κ2) is 41.3. The molecule has 0 aromatic rings. The summed E-state index contributed by atoms with van der Waals surface area (Å²) in [7, 11) is -4.63. The van der Waals surface area contributed by atoms with Crippen LogP contribution in [0.5, 0.6) is 0 Å². The fraction of sp³-hybridized carbons (Fsp3) is 0.652. The number of esters is 1. The maximum atomic E-state index is 12.6. The van der Waals surface area contributed by atoms with E-state index in [-0.39, 0.29) is 13.0 Å². The fourth-order valence-corrected chi connectivity index (χ4v) is 6.09. The van der Waals surface area contributed by atoms with Gasteiger partial charge < -0.3 is 25.2 Å². The maximum Gasteiger partial charge on any atom is 0.472 e. The van der Waals surface area contributed by atoms with Crippen molar-refractivity contribution in [2.24, 2.45) is 5.73 Å². The van der Waals surface area contributed by atoms with Crippen molar-refractivity contribution in [3.63, 3.8) is 0 Å². The molecule has 0 saturated carbocycles. The van der Waals surface area contributed by atoms with E-state index < -0.39 is 45.1 Å². The lowest BCUT2D eigenvalue weighted by Gasteiger charge is -2.20. The van der Waals surface area contributed by atoms with Crippen LogP contribution in [0.15, 0.2) is 85.1 Å². The molecule has 3 unspecified atom stereocenters. The smallest absolute Gasteiger partial charge is 0.472 e. The Morgan fingerprint density at radius 3 is 1.53 bits per heavy atom. The lowest BCUT2D eigenvalue weighted by molar-refractivity contribution is -0.154. The van der Waals surface area contributed by atoms with Gasteiger partial charge in [-0.15, -0.1) is 0 Å². The molecule has 0 amide bonds. The Morgan fingerprint density at radius 1 is 0.579 bits per heavy atom. The van der Waals surface area contributed by atoms with Gasteiger partial charge in [0.05, 0.1) is 19.8 Å². The number of carboxylic acids is 1. The van der Waals surface area contributed by atoms with Crippen LogP contribution < -0.4 is 5.73 Å². The largest absolute Gasteiger partial charge is 0.480 e. The van der Waals surface area contributed by atoms with Crippen molar-refractivity contribution in [1.82, 2.24) is 0 Å². The molecule has 326 valence electrons. The Balaban J connectivity index is 4.31. The normalized spacial score (nSPS) is 14.7. The minimum Gasteiger partial charge on any atom is -0.480 e. The van der Waals surface area contributed by atoms with Crippen LogP contribution in [0.25, 0.3) is 0 Å². The third kappa shape index (κ3) is 41.1. The van der Waals surface area contributed by atoms with E-state index in [1.807, 2.05) is 0 Å². The van der Waals surface area contributed by atoms with Crippen molar-refractivity contribution in [1.29, 1.82) is 0 Å². The number of hydrogen-bond acceptors (Lipinski definition) is 8. The highest BCUT2D eigenvalue weighted by Crippen LogP contribution is 2.43. The van der Waals surface area contributed by atoms with Gasteiger partial charge in [-0.05, 0) is 83.5 Å². The molecule has 0 rings (SSSR count). The fourth-order valence-electron chi connectivity index (χ4n) is 5.31. The molecule has 0 fully saturated rings. The van der Waals surface area contributed by atoms with Gasteiger partial charge in [0.25, 0.3) is 0 Å². The summed E-state index contributed by atoms with van der Waals surface area (Å²) in [6, 6.07) is -1.48. The van der Waals surface area contributed by atoms with Crippen LogP contribution in [0, 0.1) is 0 Å². The topological polar surface area (TPSA) is 155 Å². The van der Waals surface area contributed by atoms with Crippen molar-refractivity contribution in [3.8, 4) is 0 Å². The van der Waals surface area contributed by atoms with Gasteiger partial charge in [-0.3, -0.25) is 18.6 Å². The molecule has 10 nitrogen and oxygen atoms in total. The minimum absolute atomic E-state index is 0.00382. The molecule has 4 N–H and O–H groups in total. The van der Waals surface area contributed by atoms with Crippen LogP contribution in [0.3, 0.4) is 0 Å². The van der Waals surface area contributed by atoms with E-state index >= 15 is 0 Å². The van der Waals surface area contributed by atoms with Crippen molar-refractivity contribution in [2.45, 2.75) is 167 Å². The first-order chi connectivity index (χ1) is 27.7. The summed E-state index contributed by atoms with van der Waals surface area (Å²) < 4.78 is 33.3. The van der Waals surface area contributed by atoms with Crippen molar-refractivity contribution in [3.05, 3.63) is 85.1 Å². The maximum absolute atomic E-state index is 12.6. The summed E-state index contributed by atoms with van der Waals surface area (Å²) in [5.74, 6) is -1.81. The van der Waals surface area contributed by atoms with Crippen LogP contribution in [0.1, 0.15) is 155 Å². The SMILES string of the molecule is CC/C=C\C/C=C\C/C=C\C/C=C\C/C=C\CCCCCCCC(=O)OC(COCCCCCCCC/C=C\C/C=C\CCC)COP(=O)(O)OCC(N)C(=O)O.